The van der Waals surface area contributed by atoms with Gasteiger partial charge in [0, 0.05) is 35.7 Å². The summed E-state index contributed by atoms with van der Waals surface area (Å²) in [4.78, 5) is 12.7. The van der Waals surface area contributed by atoms with E-state index in [9.17, 15) is 5.11 Å². The minimum Gasteiger partial charge on any atom is -0.505 e. The van der Waals surface area contributed by atoms with Crippen LogP contribution >= 0.6 is 11.6 Å². The summed E-state index contributed by atoms with van der Waals surface area (Å²) in [5, 5.41) is 15.5. The van der Waals surface area contributed by atoms with E-state index in [-0.39, 0.29) is 11.8 Å². The molecule has 6 heteroatoms. The number of aromatic hydroxyl groups is 1. The van der Waals surface area contributed by atoms with Crippen molar-refractivity contribution in [1.29, 1.82) is 0 Å². The molecule has 1 atom stereocenters. The molecule has 3 heterocycles. The highest BCUT2D eigenvalue weighted by atomic mass is 35.5. The summed E-state index contributed by atoms with van der Waals surface area (Å²) >= 11 is 6.46. The number of aromatic nitrogens is 3. The Hall–Kier alpha value is -3.18. The number of rotatable bonds is 4. The molecule has 0 aliphatic rings. The average molecular weight is 363 g/mol. The van der Waals surface area contributed by atoms with E-state index < -0.39 is 0 Å². The number of hydrogen-bond acceptors (Lipinski definition) is 5. The zero-order valence-corrected chi connectivity index (χ0v) is 14.4. The third-order valence-electron chi connectivity index (χ3n) is 4.15. The number of halogens is 1. The van der Waals surface area contributed by atoms with Crippen molar-refractivity contribution in [1.82, 2.24) is 15.0 Å². The van der Waals surface area contributed by atoms with Crippen molar-refractivity contribution in [2.24, 2.45) is 0 Å². The average Bonchev–Trinajstić information content (AvgIpc) is 2.71. The molecule has 0 bridgehead atoms. The SMILES string of the molecule is Oc1c([C@H](Nc2ccccn2)c2ccncc2)cc(Cl)c2cccnc12. The maximum absolute atomic E-state index is 10.9. The number of pyridine rings is 3. The first-order chi connectivity index (χ1) is 12.7. The summed E-state index contributed by atoms with van der Waals surface area (Å²) in [5.74, 6) is 0.779. The van der Waals surface area contributed by atoms with E-state index >= 15 is 0 Å². The number of fused-ring (bicyclic) bond motifs is 1. The Kier molecular flexibility index (Phi) is 4.37. The van der Waals surface area contributed by atoms with Gasteiger partial charge in [-0.25, -0.2) is 4.98 Å². The van der Waals surface area contributed by atoms with Crippen LogP contribution in [0.4, 0.5) is 5.82 Å². The molecule has 0 saturated heterocycles. The van der Waals surface area contributed by atoms with Crippen LogP contribution in [0, 0.1) is 0 Å². The van der Waals surface area contributed by atoms with Crippen LogP contribution in [-0.4, -0.2) is 20.1 Å². The van der Waals surface area contributed by atoms with Crippen molar-refractivity contribution in [3.63, 3.8) is 0 Å². The fourth-order valence-corrected chi connectivity index (χ4v) is 3.19. The van der Waals surface area contributed by atoms with Gasteiger partial charge in [-0.1, -0.05) is 17.7 Å². The van der Waals surface area contributed by atoms with Crippen LogP contribution < -0.4 is 5.32 Å². The number of benzene rings is 1. The molecule has 0 spiro atoms. The van der Waals surface area contributed by atoms with Gasteiger partial charge in [-0.15, -0.1) is 0 Å². The first-order valence-electron chi connectivity index (χ1n) is 8.07. The largest absolute Gasteiger partial charge is 0.505 e. The standard InChI is InChI=1S/C20H15ClN4O/c21-16-12-15(20(26)19-14(16)4-3-9-24-19)18(13-6-10-22-11-7-13)25-17-5-1-2-8-23-17/h1-12,18,26H,(H,23,25)/t18-/m1/s1. The molecule has 4 aromatic rings. The summed E-state index contributed by atoms with van der Waals surface area (Å²) in [6, 6.07) is 14.4. The predicted octanol–water partition coefficient (Wildman–Crippen LogP) is 4.59. The first-order valence-corrected chi connectivity index (χ1v) is 8.45. The van der Waals surface area contributed by atoms with E-state index in [1.807, 2.05) is 36.4 Å². The van der Waals surface area contributed by atoms with Gasteiger partial charge in [-0.3, -0.25) is 9.97 Å². The molecule has 0 aliphatic carbocycles. The third-order valence-corrected chi connectivity index (χ3v) is 4.47. The number of anilines is 1. The highest BCUT2D eigenvalue weighted by Crippen LogP contribution is 2.39. The van der Waals surface area contributed by atoms with Gasteiger partial charge in [0.2, 0.25) is 0 Å². The van der Waals surface area contributed by atoms with E-state index in [0.717, 1.165) is 5.56 Å². The van der Waals surface area contributed by atoms with Gasteiger partial charge in [-0.2, -0.15) is 0 Å². The molecule has 5 nitrogen and oxygen atoms in total. The number of phenols is 1. The predicted molar refractivity (Wildman–Crippen MR) is 102 cm³/mol. The van der Waals surface area contributed by atoms with Crippen molar-refractivity contribution in [3.8, 4) is 5.75 Å². The van der Waals surface area contributed by atoms with Gasteiger partial charge in [-0.05, 0) is 48.0 Å². The Balaban J connectivity index is 1.89. The van der Waals surface area contributed by atoms with E-state index in [4.69, 9.17) is 11.6 Å². The molecule has 0 amide bonds. The second-order valence-electron chi connectivity index (χ2n) is 5.77. The quantitative estimate of drug-likeness (QED) is 0.555. The Morgan fingerprint density at radius 2 is 1.73 bits per heavy atom. The van der Waals surface area contributed by atoms with Crippen molar-refractivity contribution in [3.05, 3.63) is 89.5 Å². The second kappa shape index (κ2) is 6.98. The van der Waals surface area contributed by atoms with Crippen molar-refractivity contribution in [2.75, 3.05) is 5.32 Å². The van der Waals surface area contributed by atoms with Gasteiger partial charge < -0.3 is 10.4 Å². The van der Waals surface area contributed by atoms with E-state index in [2.05, 4.69) is 20.3 Å². The summed E-state index contributed by atoms with van der Waals surface area (Å²) in [6.45, 7) is 0. The van der Waals surface area contributed by atoms with Crippen molar-refractivity contribution in [2.45, 2.75) is 6.04 Å². The van der Waals surface area contributed by atoms with Crippen LogP contribution in [0.3, 0.4) is 0 Å². The molecule has 128 valence electrons. The summed E-state index contributed by atoms with van der Waals surface area (Å²) < 4.78 is 0. The highest BCUT2D eigenvalue weighted by molar-refractivity contribution is 6.35. The molecule has 0 radical (unpaired) electrons. The van der Waals surface area contributed by atoms with E-state index in [1.54, 1.807) is 36.9 Å². The lowest BCUT2D eigenvalue weighted by Gasteiger charge is -2.22. The summed E-state index contributed by atoms with van der Waals surface area (Å²) in [6.07, 6.45) is 6.76. The van der Waals surface area contributed by atoms with Crippen LogP contribution in [0.25, 0.3) is 10.9 Å². The maximum atomic E-state index is 10.9. The molecule has 0 aliphatic heterocycles. The molecule has 0 unspecified atom stereocenters. The lowest BCUT2D eigenvalue weighted by atomic mass is 9.97. The molecule has 3 aromatic heterocycles. The zero-order chi connectivity index (χ0) is 17.9. The molecule has 0 fully saturated rings. The third kappa shape index (κ3) is 3.05. The maximum Gasteiger partial charge on any atom is 0.147 e. The fourth-order valence-electron chi connectivity index (χ4n) is 2.92. The number of hydrogen-bond donors (Lipinski definition) is 2. The molecule has 1 aromatic carbocycles. The van der Waals surface area contributed by atoms with Crippen LogP contribution in [0.1, 0.15) is 17.2 Å². The van der Waals surface area contributed by atoms with Crippen LogP contribution in [0.2, 0.25) is 5.02 Å². The van der Waals surface area contributed by atoms with Gasteiger partial charge >= 0.3 is 0 Å². The number of nitrogens with zero attached hydrogens (tertiary/aromatic N) is 3. The van der Waals surface area contributed by atoms with E-state index in [1.165, 1.54) is 0 Å². The van der Waals surface area contributed by atoms with Gasteiger partial charge in [0.05, 0.1) is 11.1 Å². The second-order valence-corrected chi connectivity index (χ2v) is 6.18. The number of nitrogens with one attached hydrogen (secondary N) is 1. The lowest BCUT2D eigenvalue weighted by Crippen LogP contribution is -2.14. The monoisotopic (exact) mass is 362 g/mol. The van der Waals surface area contributed by atoms with Crippen LogP contribution in [-0.2, 0) is 0 Å². The Morgan fingerprint density at radius 3 is 2.50 bits per heavy atom. The molecule has 0 saturated carbocycles. The number of phenolic OH excluding ortho intramolecular Hbond substituents is 1. The molecular weight excluding hydrogens is 348 g/mol. The normalized spacial score (nSPS) is 12.0. The van der Waals surface area contributed by atoms with Crippen LogP contribution in [0.5, 0.6) is 5.75 Å². The Bertz CT molecular complexity index is 1040. The molecular formula is C20H15ClN4O. The van der Waals surface area contributed by atoms with Gasteiger partial charge in [0.15, 0.2) is 0 Å². The topological polar surface area (TPSA) is 70.9 Å². The van der Waals surface area contributed by atoms with E-state index in [0.29, 0.717) is 27.3 Å². The molecule has 2 N–H and O–H groups in total. The smallest absolute Gasteiger partial charge is 0.147 e. The minimum atomic E-state index is -0.364. The minimum absolute atomic E-state index is 0.0928. The van der Waals surface area contributed by atoms with Crippen molar-refractivity contribution < 1.29 is 5.11 Å². The Morgan fingerprint density at radius 1 is 0.923 bits per heavy atom. The Labute approximate surface area is 155 Å². The summed E-state index contributed by atoms with van der Waals surface area (Å²) in [5.41, 5.74) is 2.02. The van der Waals surface area contributed by atoms with Gasteiger partial charge in [0.1, 0.15) is 17.1 Å². The zero-order valence-electron chi connectivity index (χ0n) is 13.7. The molecule has 4 rings (SSSR count). The lowest BCUT2D eigenvalue weighted by molar-refractivity contribution is 0.471. The summed E-state index contributed by atoms with van der Waals surface area (Å²) in [7, 11) is 0. The fraction of sp³-hybridized carbons (Fsp3) is 0.0500. The van der Waals surface area contributed by atoms with Crippen molar-refractivity contribution >= 4 is 28.3 Å². The first kappa shape index (κ1) is 16.3. The highest BCUT2D eigenvalue weighted by Gasteiger charge is 2.22. The molecule has 26 heavy (non-hydrogen) atoms. The van der Waals surface area contributed by atoms with Gasteiger partial charge in [0.25, 0.3) is 0 Å². The van der Waals surface area contributed by atoms with Crippen LogP contribution in [0.15, 0.2) is 73.3 Å².